The van der Waals surface area contributed by atoms with E-state index in [4.69, 9.17) is 0 Å². The van der Waals surface area contributed by atoms with E-state index in [2.05, 4.69) is 16.3 Å². The van der Waals surface area contributed by atoms with Crippen LogP contribution in [0.2, 0.25) is 0 Å². The lowest BCUT2D eigenvalue weighted by Gasteiger charge is -2.14. The van der Waals surface area contributed by atoms with Gasteiger partial charge in [-0.05, 0) is 0 Å². The van der Waals surface area contributed by atoms with E-state index >= 15 is 0 Å². The van der Waals surface area contributed by atoms with E-state index in [1.54, 1.807) is 0 Å². The van der Waals surface area contributed by atoms with E-state index in [1.165, 1.54) is 0 Å². The molecule has 1 nitrogen and oxygen atoms in total. The Balaban J connectivity index is 3.70. The molecule has 0 bridgehead atoms. The van der Waals surface area contributed by atoms with Gasteiger partial charge in [-0.1, -0.05) is 0 Å². The number of halogens is 6. The molecule has 0 N–H and O–H groups in total. The van der Waals surface area contributed by atoms with Crippen LogP contribution in [0.3, 0.4) is 0 Å². The van der Waals surface area contributed by atoms with Gasteiger partial charge in [0.2, 0.25) is 0 Å². The van der Waals surface area contributed by atoms with Gasteiger partial charge in [-0.25, -0.2) is 0 Å². The summed E-state index contributed by atoms with van der Waals surface area (Å²) in [4.78, 5) is 0. The van der Waals surface area contributed by atoms with Crippen LogP contribution in [0.15, 0.2) is 0 Å². The molecule has 0 spiro atoms. The van der Waals surface area contributed by atoms with E-state index in [0.29, 0.717) is 0 Å². The lowest BCUT2D eigenvalue weighted by atomic mass is 10.6. The minimum Gasteiger partial charge on any atom is -0.310 e. The molecule has 0 heterocycles. The lowest BCUT2D eigenvalue weighted by Crippen LogP contribution is -2.29. The summed E-state index contributed by atoms with van der Waals surface area (Å²) in [6, 6.07) is 0. The maximum atomic E-state index is 11.8. The van der Waals surface area contributed by atoms with Crippen LogP contribution in [-0.4, -0.2) is 24.8 Å². The molecule has 0 radical (unpaired) electrons. The molecule has 7 heteroatoms. The summed E-state index contributed by atoms with van der Waals surface area (Å²) >= 11 is 4.58. The Morgan fingerprint density at radius 2 is 1.55 bits per heavy atom. The SMILES string of the molecule is FC(F)(F)COC(F)(F)CCl. The minimum absolute atomic E-state index is 1.29. The van der Waals surface area contributed by atoms with Crippen molar-refractivity contribution in [2.75, 3.05) is 12.5 Å². The quantitative estimate of drug-likeness (QED) is 0.500. The summed E-state index contributed by atoms with van der Waals surface area (Å²) in [5.74, 6) is -1.29. The van der Waals surface area contributed by atoms with Crippen molar-refractivity contribution in [2.45, 2.75) is 12.3 Å². The van der Waals surface area contributed by atoms with Crippen molar-refractivity contribution in [3.63, 3.8) is 0 Å². The number of hydrogen-bond donors (Lipinski definition) is 0. The van der Waals surface area contributed by atoms with Crippen molar-refractivity contribution in [1.82, 2.24) is 0 Å². The van der Waals surface area contributed by atoms with Crippen molar-refractivity contribution in [3.8, 4) is 0 Å². The molecule has 0 unspecified atom stereocenters. The van der Waals surface area contributed by atoms with Gasteiger partial charge in [0.25, 0.3) is 0 Å². The molecule has 0 aliphatic heterocycles. The monoisotopic (exact) mass is 198 g/mol. The lowest BCUT2D eigenvalue weighted by molar-refractivity contribution is -0.277. The molecule has 0 fully saturated rings. The topological polar surface area (TPSA) is 9.23 Å². The molecule has 0 amide bonds. The van der Waals surface area contributed by atoms with Crippen LogP contribution in [0.25, 0.3) is 0 Å². The smallest absolute Gasteiger partial charge is 0.310 e. The van der Waals surface area contributed by atoms with Gasteiger partial charge in [0.05, 0.1) is 0 Å². The van der Waals surface area contributed by atoms with Gasteiger partial charge < -0.3 is 4.74 Å². The largest absolute Gasteiger partial charge is 0.412 e. The Morgan fingerprint density at radius 1 is 1.09 bits per heavy atom. The molecule has 0 aliphatic carbocycles. The second-order valence-electron chi connectivity index (χ2n) is 1.67. The zero-order valence-electron chi connectivity index (χ0n) is 5.09. The van der Waals surface area contributed by atoms with Crippen molar-refractivity contribution < 1.29 is 26.7 Å². The molecule has 0 aromatic carbocycles. The summed E-state index contributed by atoms with van der Waals surface area (Å²) in [6.45, 7) is -1.99. The van der Waals surface area contributed by atoms with Gasteiger partial charge >= 0.3 is 12.3 Å². The Morgan fingerprint density at radius 3 is 1.82 bits per heavy atom. The average Bonchev–Trinajstić information content (AvgIpc) is 1.83. The van der Waals surface area contributed by atoms with Crippen LogP contribution in [0.4, 0.5) is 22.0 Å². The first-order valence-electron chi connectivity index (χ1n) is 2.41. The first-order chi connectivity index (χ1) is 4.77. The van der Waals surface area contributed by atoms with Gasteiger partial charge in [-0.3, -0.25) is 0 Å². The van der Waals surface area contributed by atoms with Crippen molar-refractivity contribution in [1.29, 1.82) is 0 Å². The fraction of sp³-hybridized carbons (Fsp3) is 1.00. The van der Waals surface area contributed by atoms with Gasteiger partial charge in [0, 0.05) is 0 Å². The molecule has 0 saturated heterocycles. The third kappa shape index (κ3) is 6.30. The number of hydrogen-bond acceptors (Lipinski definition) is 1. The number of rotatable bonds is 3. The molecule has 0 aromatic rings. The van der Waals surface area contributed by atoms with E-state index in [1.807, 2.05) is 0 Å². The van der Waals surface area contributed by atoms with Crippen molar-refractivity contribution >= 4 is 11.6 Å². The standard InChI is InChI=1S/C4H4ClF5O/c5-1-4(9,10)11-2-3(6,7)8/h1-2H2. The number of alkyl halides is 6. The molecule has 11 heavy (non-hydrogen) atoms. The summed E-state index contributed by atoms with van der Waals surface area (Å²) in [5, 5.41) is 0. The van der Waals surface area contributed by atoms with E-state index < -0.39 is 24.8 Å². The second kappa shape index (κ2) is 3.53. The molecule has 68 valence electrons. The van der Waals surface area contributed by atoms with E-state index in [9.17, 15) is 22.0 Å². The molecule has 0 rings (SSSR count). The van der Waals surface area contributed by atoms with Crippen LogP contribution < -0.4 is 0 Å². The molecule has 0 aromatic heterocycles. The third-order valence-electron chi connectivity index (χ3n) is 0.603. The Bertz CT molecular complexity index is 122. The summed E-state index contributed by atoms with van der Waals surface area (Å²) in [7, 11) is 0. The van der Waals surface area contributed by atoms with Gasteiger partial charge in [-0.15, -0.1) is 11.6 Å². The maximum absolute atomic E-state index is 11.8. The van der Waals surface area contributed by atoms with Crippen LogP contribution in [-0.2, 0) is 4.74 Å². The third-order valence-corrected chi connectivity index (χ3v) is 0.914. The van der Waals surface area contributed by atoms with Crippen LogP contribution in [0.1, 0.15) is 0 Å². The van der Waals surface area contributed by atoms with Crippen LogP contribution in [0.5, 0.6) is 0 Å². The van der Waals surface area contributed by atoms with Crippen LogP contribution >= 0.6 is 11.6 Å². The highest BCUT2D eigenvalue weighted by atomic mass is 35.5. The molecule has 0 atom stereocenters. The Labute approximate surface area is 64.1 Å². The van der Waals surface area contributed by atoms with Gasteiger partial charge in [-0.2, -0.15) is 22.0 Å². The first-order valence-corrected chi connectivity index (χ1v) is 2.95. The van der Waals surface area contributed by atoms with Crippen molar-refractivity contribution in [2.24, 2.45) is 0 Å². The number of ether oxygens (including phenoxy) is 1. The molecule has 0 saturated carbocycles. The highest BCUT2D eigenvalue weighted by molar-refractivity contribution is 6.18. The second-order valence-corrected chi connectivity index (χ2v) is 1.94. The zero-order valence-corrected chi connectivity index (χ0v) is 5.85. The Hall–Kier alpha value is -0.100. The minimum atomic E-state index is -4.75. The first kappa shape index (κ1) is 10.9. The average molecular weight is 199 g/mol. The fourth-order valence-electron chi connectivity index (χ4n) is 0.226. The summed E-state index contributed by atoms with van der Waals surface area (Å²) in [6.07, 6.45) is -8.66. The zero-order chi connectivity index (χ0) is 9.12. The fourth-order valence-corrected chi connectivity index (χ4v) is 0.303. The van der Waals surface area contributed by atoms with Crippen molar-refractivity contribution in [3.05, 3.63) is 0 Å². The molecular weight excluding hydrogens is 194 g/mol. The van der Waals surface area contributed by atoms with Crippen LogP contribution in [0, 0.1) is 0 Å². The molecular formula is C4H4ClF5O. The summed E-state index contributed by atoms with van der Waals surface area (Å²) in [5.41, 5.74) is 0. The van der Waals surface area contributed by atoms with E-state index in [-0.39, 0.29) is 0 Å². The predicted octanol–water partition coefficient (Wildman–Crippen LogP) is 2.40. The highest BCUT2D eigenvalue weighted by Crippen LogP contribution is 2.22. The Kier molecular flexibility index (Phi) is 3.50. The highest BCUT2D eigenvalue weighted by Gasteiger charge is 2.36. The van der Waals surface area contributed by atoms with E-state index in [0.717, 1.165) is 0 Å². The maximum Gasteiger partial charge on any atom is 0.412 e. The summed E-state index contributed by atoms with van der Waals surface area (Å²) < 4.78 is 60.5. The van der Waals surface area contributed by atoms with Gasteiger partial charge in [0.1, 0.15) is 12.5 Å². The van der Waals surface area contributed by atoms with Gasteiger partial charge in [0.15, 0.2) is 0 Å². The normalized spacial score (nSPS) is 13.6. The predicted molar refractivity (Wildman–Crippen MR) is 27.7 cm³/mol. The molecule has 0 aliphatic rings.